The van der Waals surface area contributed by atoms with E-state index in [4.69, 9.17) is 0 Å². The molecule has 0 aliphatic rings. The number of hydrogen-bond donors (Lipinski definition) is 2. The molecule has 2 nitrogen and oxygen atoms in total. The molecular formula is C26H30O2. The fourth-order valence-electron chi connectivity index (χ4n) is 3.72. The molecule has 0 saturated heterocycles. The zero-order valence-electron chi connectivity index (χ0n) is 17.2. The highest BCUT2D eigenvalue weighted by molar-refractivity contribution is 5.38. The van der Waals surface area contributed by atoms with Crippen molar-refractivity contribution in [2.75, 3.05) is 0 Å². The van der Waals surface area contributed by atoms with E-state index in [1.165, 1.54) is 22.3 Å². The second-order valence-corrected chi connectivity index (χ2v) is 8.12. The second kappa shape index (κ2) is 8.52. The third kappa shape index (κ3) is 4.75. The largest absolute Gasteiger partial charge is 0.508 e. The lowest BCUT2D eigenvalue weighted by Gasteiger charge is -2.15. The maximum atomic E-state index is 9.72. The van der Waals surface area contributed by atoms with Crippen LogP contribution in [-0.2, 0) is 12.8 Å². The number of benzene rings is 3. The third-order valence-electron chi connectivity index (χ3n) is 5.69. The molecule has 0 amide bonds. The molecule has 0 fully saturated rings. The van der Waals surface area contributed by atoms with Crippen LogP contribution in [-0.4, -0.2) is 10.2 Å². The monoisotopic (exact) mass is 374 g/mol. The summed E-state index contributed by atoms with van der Waals surface area (Å²) in [7, 11) is 0. The molecule has 0 spiro atoms. The van der Waals surface area contributed by atoms with Crippen molar-refractivity contribution in [3.63, 3.8) is 0 Å². The van der Waals surface area contributed by atoms with Crippen LogP contribution in [0, 0.1) is 13.8 Å². The van der Waals surface area contributed by atoms with Gasteiger partial charge in [-0.15, -0.1) is 0 Å². The molecule has 146 valence electrons. The third-order valence-corrected chi connectivity index (χ3v) is 5.69. The maximum Gasteiger partial charge on any atom is 0.118 e. The Morgan fingerprint density at radius 1 is 0.607 bits per heavy atom. The molecule has 0 heterocycles. The quantitative estimate of drug-likeness (QED) is 0.523. The number of phenols is 2. The Balaban J connectivity index is 1.64. The van der Waals surface area contributed by atoms with E-state index < -0.39 is 0 Å². The van der Waals surface area contributed by atoms with Gasteiger partial charge in [0.15, 0.2) is 0 Å². The Kier molecular flexibility index (Phi) is 6.08. The predicted molar refractivity (Wildman–Crippen MR) is 116 cm³/mol. The molecule has 2 N–H and O–H groups in total. The van der Waals surface area contributed by atoms with Gasteiger partial charge in [0.25, 0.3) is 0 Å². The highest BCUT2D eigenvalue weighted by Gasteiger charge is 2.11. The van der Waals surface area contributed by atoms with Gasteiger partial charge >= 0.3 is 0 Å². The normalized spacial score (nSPS) is 13.3. The zero-order valence-corrected chi connectivity index (χ0v) is 17.2. The summed E-state index contributed by atoms with van der Waals surface area (Å²) in [5, 5.41) is 19.4. The Bertz CT molecular complexity index is 863. The van der Waals surface area contributed by atoms with Gasteiger partial charge in [-0.25, -0.2) is 0 Å². The van der Waals surface area contributed by atoms with Crippen molar-refractivity contribution in [3.8, 4) is 11.5 Å². The van der Waals surface area contributed by atoms with Gasteiger partial charge in [0.05, 0.1) is 0 Å². The molecule has 3 aromatic rings. The van der Waals surface area contributed by atoms with Gasteiger partial charge in [-0.3, -0.25) is 0 Å². The highest BCUT2D eigenvalue weighted by Crippen LogP contribution is 2.27. The van der Waals surface area contributed by atoms with E-state index in [9.17, 15) is 10.2 Å². The van der Waals surface area contributed by atoms with E-state index in [2.05, 4.69) is 50.2 Å². The molecule has 28 heavy (non-hydrogen) atoms. The average molecular weight is 375 g/mol. The summed E-state index contributed by atoms with van der Waals surface area (Å²) in [5.74, 6) is 1.53. The van der Waals surface area contributed by atoms with Crippen molar-refractivity contribution in [2.24, 2.45) is 0 Å². The minimum atomic E-state index is 0.359. The molecule has 0 aromatic heterocycles. The summed E-state index contributed by atoms with van der Waals surface area (Å²) >= 11 is 0. The summed E-state index contributed by atoms with van der Waals surface area (Å²) in [4.78, 5) is 0. The van der Waals surface area contributed by atoms with Crippen LogP contribution < -0.4 is 0 Å². The van der Waals surface area contributed by atoms with Crippen LogP contribution in [0.4, 0.5) is 0 Å². The molecule has 3 aromatic carbocycles. The van der Waals surface area contributed by atoms with Gasteiger partial charge in [0.1, 0.15) is 11.5 Å². The lowest BCUT2D eigenvalue weighted by Crippen LogP contribution is -2.01. The van der Waals surface area contributed by atoms with E-state index >= 15 is 0 Å². The van der Waals surface area contributed by atoms with Gasteiger partial charge in [-0.2, -0.15) is 0 Å². The van der Waals surface area contributed by atoms with Crippen LogP contribution in [0.25, 0.3) is 0 Å². The van der Waals surface area contributed by atoms with Gasteiger partial charge in [0, 0.05) is 0 Å². The summed E-state index contributed by atoms with van der Waals surface area (Å²) in [6.45, 7) is 8.35. The Hall–Kier alpha value is -2.74. The number of hydrogen-bond acceptors (Lipinski definition) is 2. The zero-order chi connectivity index (χ0) is 20.3. The highest BCUT2D eigenvalue weighted by atomic mass is 16.3. The molecule has 3 rings (SSSR count). The molecule has 0 aliphatic carbocycles. The van der Waals surface area contributed by atoms with E-state index in [0.29, 0.717) is 23.3 Å². The lowest BCUT2D eigenvalue weighted by molar-refractivity contribution is 0.470. The van der Waals surface area contributed by atoms with Gasteiger partial charge in [-0.05, 0) is 84.0 Å². The summed E-state index contributed by atoms with van der Waals surface area (Å²) in [5.41, 5.74) is 7.04. The molecular weight excluding hydrogens is 344 g/mol. The van der Waals surface area contributed by atoms with E-state index in [1.807, 2.05) is 26.0 Å². The molecule has 2 unspecified atom stereocenters. The van der Waals surface area contributed by atoms with Crippen molar-refractivity contribution in [2.45, 2.75) is 52.4 Å². The smallest absolute Gasteiger partial charge is 0.118 e. The standard InChI is InChI=1S/C26H30O2/c1-17(23-9-11-25(27)19(3)15-23)13-21-5-7-22(8-6-21)14-18(2)24-10-12-26(28)20(4)16-24/h5-12,15-18,27-28H,13-14H2,1-4H3. The van der Waals surface area contributed by atoms with Crippen LogP contribution in [0.1, 0.15) is 59.1 Å². The number of aryl methyl sites for hydroxylation is 2. The first kappa shape index (κ1) is 20.0. The van der Waals surface area contributed by atoms with E-state index in [0.717, 1.165) is 24.0 Å². The first-order chi connectivity index (χ1) is 13.3. The van der Waals surface area contributed by atoms with Crippen LogP contribution in [0.3, 0.4) is 0 Å². The first-order valence-corrected chi connectivity index (χ1v) is 10.0. The van der Waals surface area contributed by atoms with Crippen molar-refractivity contribution < 1.29 is 10.2 Å². The molecule has 0 radical (unpaired) electrons. The van der Waals surface area contributed by atoms with E-state index in [-0.39, 0.29) is 0 Å². The van der Waals surface area contributed by atoms with Crippen molar-refractivity contribution >= 4 is 0 Å². The molecule has 0 saturated carbocycles. The minimum absolute atomic E-state index is 0.359. The number of aromatic hydroxyl groups is 2. The summed E-state index contributed by atoms with van der Waals surface area (Å²) < 4.78 is 0. The number of rotatable bonds is 6. The Morgan fingerprint density at radius 2 is 0.964 bits per heavy atom. The maximum absolute atomic E-state index is 9.72. The molecule has 2 atom stereocenters. The van der Waals surface area contributed by atoms with Crippen molar-refractivity contribution in [1.82, 2.24) is 0 Å². The van der Waals surface area contributed by atoms with Crippen molar-refractivity contribution in [1.29, 1.82) is 0 Å². The fraction of sp³-hybridized carbons (Fsp3) is 0.308. The SMILES string of the molecule is Cc1cc(C(C)Cc2ccc(CC(C)c3ccc(O)c(C)c3)cc2)ccc1O. The summed E-state index contributed by atoms with van der Waals surface area (Å²) in [6, 6.07) is 20.7. The Morgan fingerprint density at radius 3 is 1.29 bits per heavy atom. The lowest BCUT2D eigenvalue weighted by atomic mass is 9.90. The van der Waals surface area contributed by atoms with Gasteiger partial charge in [0.2, 0.25) is 0 Å². The number of phenolic OH excluding ortho intramolecular Hbond substituents is 2. The molecule has 2 heteroatoms. The average Bonchev–Trinajstić information content (AvgIpc) is 2.67. The first-order valence-electron chi connectivity index (χ1n) is 10.0. The van der Waals surface area contributed by atoms with Crippen molar-refractivity contribution in [3.05, 3.63) is 94.0 Å². The second-order valence-electron chi connectivity index (χ2n) is 8.12. The van der Waals surface area contributed by atoms with Crippen LogP contribution in [0.2, 0.25) is 0 Å². The molecule has 0 bridgehead atoms. The van der Waals surface area contributed by atoms with Gasteiger partial charge < -0.3 is 10.2 Å². The van der Waals surface area contributed by atoms with Gasteiger partial charge in [-0.1, -0.05) is 62.4 Å². The van der Waals surface area contributed by atoms with Crippen LogP contribution in [0.15, 0.2) is 60.7 Å². The Labute approximate surface area is 168 Å². The van der Waals surface area contributed by atoms with Crippen LogP contribution >= 0.6 is 0 Å². The van der Waals surface area contributed by atoms with E-state index in [1.54, 1.807) is 12.1 Å². The molecule has 0 aliphatic heterocycles. The summed E-state index contributed by atoms with van der Waals surface area (Å²) in [6.07, 6.45) is 1.97. The minimum Gasteiger partial charge on any atom is -0.508 e. The fourth-order valence-corrected chi connectivity index (χ4v) is 3.72. The predicted octanol–water partition coefficient (Wildman–Crippen LogP) is 6.41. The topological polar surface area (TPSA) is 40.5 Å². The van der Waals surface area contributed by atoms with Crippen LogP contribution in [0.5, 0.6) is 11.5 Å².